The molecule has 17 heavy (non-hydrogen) atoms. The lowest BCUT2D eigenvalue weighted by Gasteiger charge is -2.39. The molecule has 1 heterocycles. The lowest BCUT2D eigenvalue weighted by atomic mass is 9.85. The summed E-state index contributed by atoms with van der Waals surface area (Å²) in [5, 5.41) is 0. The second kappa shape index (κ2) is 5.10. The van der Waals surface area contributed by atoms with Crippen LogP contribution in [0.25, 0.3) is 0 Å². The van der Waals surface area contributed by atoms with Gasteiger partial charge in [0, 0.05) is 17.7 Å². The van der Waals surface area contributed by atoms with E-state index in [1.54, 1.807) is 6.07 Å². The number of hydrogen-bond acceptors (Lipinski definition) is 2. The number of halogens is 2. The van der Waals surface area contributed by atoms with E-state index in [9.17, 15) is 8.78 Å². The molecule has 0 bridgehead atoms. The molecule has 2 N–H and O–H groups in total. The quantitative estimate of drug-likeness (QED) is 0.859. The highest BCUT2D eigenvalue weighted by atomic mass is 19.1. The van der Waals surface area contributed by atoms with E-state index in [1.807, 2.05) is 7.05 Å². The Kier molecular flexibility index (Phi) is 3.74. The molecule has 2 unspecified atom stereocenters. The third-order valence-electron chi connectivity index (χ3n) is 3.59. The van der Waals surface area contributed by atoms with Crippen molar-refractivity contribution >= 4 is 0 Å². The number of nitrogens with zero attached hydrogens (tertiary/aromatic N) is 1. The van der Waals surface area contributed by atoms with Crippen LogP contribution in [0.3, 0.4) is 0 Å². The molecule has 94 valence electrons. The summed E-state index contributed by atoms with van der Waals surface area (Å²) >= 11 is 0. The van der Waals surface area contributed by atoms with Gasteiger partial charge in [0.2, 0.25) is 0 Å². The third kappa shape index (κ3) is 2.48. The maximum atomic E-state index is 13.8. The van der Waals surface area contributed by atoms with E-state index in [4.69, 9.17) is 5.73 Å². The zero-order valence-corrected chi connectivity index (χ0v) is 10.00. The molecular formula is C13H18F2N2. The van der Waals surface area contributed by atoms with E-state index in [2.05, 4.69) is 4.90 Å². The van der Waals surface area contributed by atoms with Crippen LogP contribution in [0.5, 0.6) is 0 Å². The van der Waals surface area contributed by atoms with Gasteiger partial charge in [-0.15, -0.1) is 0 Å². The van der Waals surface area contributed by atoms with Crippen LogP contribution in [0.1, 0.15) is 24.4 Å². The van der Waals surface area contributed by atoms with Crippen molar-refractivity contribution in [2.75, 3.05) is 20.1 Å². The van der Waals surface area contributed by atoms with Crippen molar-refractivity contribution in [2.24, 2.45) is 11.7 Å². The molecule has 1 aliphatic heterocycles. The summed E-state index contributed by atoms with van der Waals surface area (Å²) in [7, 11) is 1.97. The molecule has 1 saturated heterocycles. The average molecular weight is 240 g/mol. The highest BCUT2D eigenvalue weighted by Crippen LogP contribution is 2.35. The smallest absolute Gasteiger partial charge is 0.130 e. The largest absolute Gasteiger partial charge is 0.330 e. The lowest BCUT2D eigenvalue weighted by molar-refractivity contribution is 0.122. The maximum Gasteiger partial charge on any atom is 0.130 e. The van der Waals surface area contributed by atoms with Crippen molar-refractivity contribution in [2.45, 2.75) is 18.9 Å². The average Bonchev–Trinajstić information content (AvgIpc) is 2.30. The minimum Gasteiger partial charge on any atom is -0.330 e. The highest BCUT2D eigenvalue weighted by Gasteiger charge is 2.31. The SMILES string of the molecule is CN1CCCC(CN)C1c1ccc(F)cc1F. The predicted molar refractivity (Wildman–Crippen MR) is 63.5 cm³/mol. The Balaban J connectivity index is 2.34. The molecule has 0 saturated carbocycles. The van der Waals surface area contributed by atoms with Crippen molar-refractivity contribution in [3.05, 3.63) is 35.4 Å². The molecule has 0 aliphatic carbocycles. The topological polar surface area (TPSA) is 29.3 Å². The van der Waals surface area contributed by atoms with E-state index >= 15 is 0 Å². The first-order valence-corrected chi connectivity index (χ1v) is 5.98. The molecule has 2 nitrogen and oxygen atoms in total. The highest BCUT2D eigenvalue weighted by molar-refractivity contribution is 5.23. The lowest BCUT2D eigenvalue weighted by Crippen LogP contribution is -2.39. The van der Waals surface area contributed by atoms with Crippen LogP contribution in [0.15, 0.2) is 18.2 Å². The van der Waals surface area contributed by atoms with Crippen LogP contribution in [0.2, 0.25) is 0 Å². The van der Waals surface area contributed by atoms with Crippen LogP contribution in [-0.4, -0.2) is 25.0 Å². The zero-order valence-electron chi connectivity index (χ0n) is 10.00. The number of nitrogens with two attached hydrogens (primary N) is 1. The minimum atomic E-state index is -0.533. The van der Waals surface area contributed by atoms with Crippen LogP contribution in [-0.2, 0) is 0 Å². The summed E-state index contributed by atoms with van der Waals surface area (Å²) in [5.74, 6) is -0.759. The normalized spacial score (nSPS) is 26.1. The molecule has 4 heteroatoms. The Bertz CT molecular complexity index is 395. The van der Waals surface area contributed by atoms with Gasteiger partial charge in [-0.1, -0.05) is 6.07 Å². The Morgan fingerprint density at radius 1 is 1.41 bits per heavy atom. The van der Waals surface area contributed by atoms with Crippen LogP contribution in [0.4, 0.5) is 8.78 Å². The van der Waals surface area contributed by atoms with E-state index in [-0.39, 0.29) is 12.0 Å². The van der Waals surface area contributed by atoms with Gasteiger partial charge in [0.25, 0.3) is 0 Å². The molecule has 0 aromatic heterocycles. The summed E-state index contributed by atoms with van der Waals surface area (Å²) in [6.45, 7) is 1.46. The molecule has 1 aromatic rings. The molecule has 1 aliphatic rings. The summed E-state index contributed by atoms with van der Waals surface area (Å²) in [5.41, 5.74) is 6.31. The second-order valence-electron chi connectivity index (χ2n) is 4.73. The number of benzene rings is 1. The summed E-state index contributed by atoms with van der Waals surface area (Å²) < 4.78 is 26.7. The molecule has 0 amide bonds. The van der Waals surface area contributed by atoms with Gasteiger partial charge in [0.05, 0.1) is 0 Å². The van der Waals surface area contributed by atoms with Crippen LogP contribution in [0, 0.1) is 17.6 Å². The van der Waals surface area contributed by atoms with Crippen LogP contribution >= 0.6 is 0 Å². The predicted octanol–water partition coefficient (Wildman–Crippen LogP) is 2.31. The monoisotopic (exact) mass is 240 g/mol. The fourth-order valence-electron chi connectivity index (χ4n) is 2.74. The molecular weight excluding hydrogens is 222 g/mol. The van der Waals surface area contributed by atoms with Crippen molar-refractivity contribution in [1.82, 2.24) is 4.90 Å². The molecule has 1 aromatic carbocycles. The summed E-state index contributed by atoms with van der Waals surface area (Å²) in [6.07, 6.45) is 2.08. The van der Waals surface area contributed by atoms with Gasteiger partial charge in [0.1, 0.15) is 11.6 Å². The van der Waals surface area contributed by atoms with E-state index < -0.39 is 11.6 Å². The summed E-state index contributed by atoms with van der Waals surface area (Å²) in [6, 6.07) is 3.77. The number of rotatable bonds is 2. The van der Waals surface area contributed by atoms with Gasteiger partial charge in [0.15, 0.2) is 0 Å². The minimum absolute atomic E-state index is 0.0330. The van der Waals surface area contributed by atoms with Gasteiger partial charge in [-0.3, -0.25) is 4.90 Å². The number of likely N-dealkylation sites (tertiary alicyclic amines) is 1. The second-order valence-corrected chi connectivity index (χ2v) is 4.73. The van der Waals surface area contributed by atoms with Crippen molar-refractivity contribution in [3.8, 4) is 0 Å². The Labute approximate surface area is 100 Å². The van der Waals surface area contributed by atoms with Crippen molar-refractivity contribution in [3.63, 3.8) is 0 Å². The van der Waals surface area contributed by atoms with Gasteiger partial charge in [-0.25, -0.2) is 8.78 Å². The summed E-state index contributed by atoms with van der Waals surface area (Å²) in [4.78, 5) is 2.11. The maximum absolute atomic E-state index is 13.8. The fourth-order valence-corrected chi connectivity index (χ4v) is 2.74. The van der Waals surface area contributed by atoms with E-state index in [1.165, 1.54) is 6.07 Å². The van der Waals surface area contributed by atoms with Gasteiger partial charge >= 0.3 is 0 Å². The van der Waals surface area contributed by atoms with Gasteiger partial charge < -0.3 is 5.73 Å². The molecule has 2 atom stereocenters. The Hall–Kier alpha value is -1.00. The molecule has 1 fully saturated rings. The van der Waals surface area contributed by atoms with E-state index in [0.717, 1.165) is 25.5 Å². The van der Waals surface area contributed by atoms with Crippen molar-refractivity contribution in [1.29, 1.82) is 0 Å². The first-order valence-electron chi connectivity index (χ1n) is 5.98. The number of hydrogen-bond donors (Lipinski definition) is 1. The molecule has 0 radical (unpaired) electrons. The molecule has 0 spiro atoms. The van der Waals surface area contributed by atoms with Gasteiger partial charge in [-0.05, 0) is 45.0 Å². The first-order chi connectivity index (χ1) is 8.13. The van der Waals surface area contributed by atoms with E-state index in [0.29, 0.717) is 12.1 Å². The third-order valence-corrected chi connectivity index (χ3v) is 3.59. The van der Waals surface area contributed by atoms with Crippen molar-refractivity contribution < 1.29 is 8.78 Å². The Morgan fingerprint density at radius 3 is 2.82 bits per heavy atom. The number of piperidine rings is 1. The first kappa shape index (κ1) is 12.5. The van der Waals surface area contributed by atoms with Gasteiger partial charge in [-0.2, -0.15) is 0 Å². The molecule has 2 rings (SSSR count). The zero-order chi connectivity index (χ0) is 12.4. The van der Waals surface area contributed by atoms with Crippen LogP contribution < -0.4 is 5.73 Å². The fraction of sp³-hybridized carbons (Fsp3) is 0.538. The standard InChI is InChI=1S/C13H18F2N2/c1-17-6-2-3-9(8-16)13(17)11-5-4-10(14)7-12(11)15/h4-5,7,9,13H,2-3,6,8,16H2,1H3. The Morgan fingerprint density at radius 2 is 2.18 bits per heavy atom.